The molecule has 15 heteroatoms. The number of carbonyl (C=O) groups is 3. The minimum Gasteiger partial charge on any atom is -0.373 e. The molecule has 1 aliphatic rings. The first-order chi connectivity index (χ1) is 19.3. The van der Waals surface area contributed by atoms with Gasteiger partial charge in [-0.1, -0.05) is 32.0 Å². The Morgan fingerprint density at radius 3 is 1.64 bits per heavy atom. The van der Waals surface area contributed by atoms with Gasteiger partial charge in [-0.05, 0) is 55.2 Å². The quantitative estimate of drug-likeness (QED) is 0.288. The molecule has 1 aliphatic heterocycles. The molecule has 0 saturated carbocycles. The Hall–Kier alpha value is -3.78. The summed E-state index contributed by atoms with van der Waals surface area (Å²) < 4.78 is 105. The zero-order chi connectivity index (χ0) is 31.9. The summed E-state index contributed by atoms with van der Waals surface area (Å²) in [5.41, 5.74) is 0.978. The fraction of sp³-hybridized carbons (Fsp3) is 0.444. The number of hydrogen-bond donors (Lipinski definition) is 2. The van der Waals surface area contributed by atoms with Gasteiger partial charge in [-0.3, -0.25) is 14.4 Å². The first-order valence-electron chi connectivity index (χ1n) is 12.6. The molecule has 2 aromatic rings. The molecule has 1 atom stereocenters. The van der Waals surface area contributed by atoms with Crippen LogP contribution in [0.4, 0.5) is 50.9 Å². The van der Waals surface area contributed by atoms with Crippen molar-refractivity contribution in [2.24, 2.45) is 5.92 Å². The van der Waals surface area contributed by atoms with Crippen LogP contribution in [0.2, 0.25) is 0 Å². The number of carbonyl (C=O) groups excluding carboxylic acids is 3. The van der Waals surface area contributed by atoms with E-state index in [4.69, 9.17) is 0 Å². The lowest BCUT2D eigenvalue weighted by molar-refractivity contribution is -0.193. The Bertz CT molecular complexity index is 1160. The molecule has 6 nitrogen and oxygen atoms in total. The normalized spacial score (nSPS) is 15.4. The highest BCUT2D eigenvalue weighted by molar-refractivity contribution is 6.41. The number of amides is 1. The van der Waals surface area contributed by atoms with E-state index in [0.29, 0.717) is 5.69 Å². The summed E-state index contributed by atoms with van der Waals surface area (Å²) >= 11 is 0. The lowest BCUT2D eigenvalue weighted by Crippen LogP contribution is -2.50. The van der Waals surface area contributed by atoms with Crippen LogP contribution in [0.5, 0.6) is 0 Å². The van der Waals surface area contributed by atoms with Crippen molar-refractivity contribution in [3.05, 3.63) is 60.2 Å². The number of benzene rings is 2. The predicted octanol–water partition coefficient (Wildman–Crippen LogP) is 6.18. The van der Waals surface area contributed by atoms with Gasteiger partial charge in [-0.2, -0.15) is 39.5 Å². The van der Waals surface area contributed by atoms with Crippen LogP contribution in [0.15, 0.2) is 54.6 Å². The molecular weight excluding hydrogens is 585 g/mol. The van der Waals surface area contributed by atoms with Crippen LogP contribution in [0.3, 0.4) is 0 Å². The van der Waals surface area contributed by atoms with Gasteiger partial charge < -0.3 is 15.5 Å². The van der Waals surface area contributed by atoms with Crippen molar-refractivity contribution in [2.75, 3.05) is 23.3 Å². The summed E-state index contributed by atoms with van der Waals surface area (Å²) in [6.45, 7) is 5.57. The third-order valence-electron chi connectivity index (χ3n) is 6.17. The number of rotatable bonds is 7. The van der Waals surface area contributed by atoms with Gasteiger partial charge in [0.25, 0.3) is 0 Å². The minimum atomic E-state index is -5.77. The number of halogens is 9. The third-order valence-corrected chi connectivity index (χ3v) is 6.17. The monoisotopic (exact) mass is 613 g/mol. The van der Waals surface area contributed by atoms with Crippen molar-refractivity contribution in [1.29, 1.82) is 0 Å². The van der Waals surface area contributed by atoms with Crippen LogP contribution >= 0.6 is 0 Å². The maximum Gasteiger partial charge on any atom is 0.458 e. The smallest absolute Gasteiger partial charge is 0.373 e. The van der Waals surface area contributed by atoms with Gasteiger partial charge in [-0.25, -0.2) is 0 Å². The number of Topliss-reactive ketones (excluding diaryl/α,β-unsaturated/α-hetero) is 2. The highest BCUT2D eigenvalue weighted by Crippen LogP contribution is 2.30. The average Bonchev–Trinajstić information content (AvgIpc) is 2.90. The second-order valence-corrected chi connectivity index (χ2v) is 9.70. The van der Waals surface area contributed by atoms with Crippen LogP contribution in [-0.2, 0) is 20.6 Å². The molecule has 2 N–H and O–H groups in total. The van der Waals surface area contributed by atoms with Gasteiger partial charge in [0, 0.05) is 30.5 Å². The molecule has 0 unspecified atom stereocenters. The molecule has 1 saturated heterocycles. The Balaban J connectivity index is 0.000000435. The van der Waals surface area contributed by atoms with E-state index in [-0.39, 0.29) is 17.9 Å². The van der Waals surface area contributed by atoms with Crippen molar-refractivity contribution < 1.29 is 53.9 Å². The van der Waals surface area contributed by atoms with E-state index in [1.807, 2.05) is 32.0 Å². The fourth-order valence-electron chi connectivity index (χ4n) is 3.94. The number of para-hydroxylation sites is 1. The van der Waals surface area contributed by atoms with Crippen LogP contribution in [0, 0.1) is 5.92 Å². The summed E-state index contributed by atoms with van der Waals surface area (Å²) in [6, 6.07) is 14.5. The van der Waals surface area contributed by atoms with Crippen LogP contribution in [-0.4, -0.2) is 55.0 Å². The van der Waals surface area contributed by atoms with E-state index in [1.54, 1.807) is 0 Å². The molecule has 1 fully saturated rings. The van der Waals surface area contributed by atoms with Crippen molar-refractivity contribution in [1.82, 2.24) is 5.32 Å². The number of nitrogens with one attached hydrogen (secondary N) is 2. The van der Waals surface area contributed by atoms with E-state index in [0.717, 1.165) is 38.1 Å². The van der Waals surface area contributed by atoms with Crippen LogP contribution in [0.1, 0.15) is 32.3 Å². The molecule has 3 rings (SSSR count). The molecule has 0 radical (unpaired) electrons. The van der Waals surface area contributed by atoms with Crippen molar-refractivity contribution in [2.45, 2.75) is 57.3 Å². The summed E-state index contributed by atoms with van der Waals surface area (Å²) in [6.07, 6.45) is -14.2. The van der Waals surface area contributed by atoms with Gasteiger partial charge in [0.1, 0.15) is 6.04 Å². The minimum absolute atomic E-state index is 0.0169. The molecule has 42 heavy (non-hydrogen) atoms. The van der Waals surface area contributed by atoms with Gasteiger partial charge >= 0.3 is 30.1 Å². The van der Waals surface area contributed by atoms with Gasteiger partial charge in [-0.15, -0.1) is 0 Å². The first kappa shape index (κ1) is 34.4. The Morgan fingerprint density at radius 1 is 0.762 bits per heavy atom. The van der Waals surface area contributed by atoms with Gasteiger partial charge in [0.05, 0.1) is 5.56 Å². The molecular formula is C27H28F9N3O3. The van der Waals surface area contributed by atoms with Crippen molar-refractivity contribution in [3.8, 4) is 0 Å². The second kappa shape index (κ2) is 13.9. The highest BCUT2D eigenvalue weighted by atomic mass is 19.4. The largest absolute Gasteiger partial charge is 0.458 e. The summed E-state index contributed by atoms with van der Waals surface area (Å²) in [5.74, 6) is -6.95. The Morgan fingerprint density at radius 2 is 1.24 bits per heavy atom. The highest BCUT2D eigenvalue weighted by Gasteiger charge is 2.54. The Kier molecular flexibility index (Phi) is 11.4. The number of ketones is 2. The van der Waals surface area contributed by atoms with Gasteiger partial charge in [0.2, 0.25) is 5.91 Å². The maximum atomic E-state index is 12.9. The van der Waals surface area contributed by atoms with Crippen LogP contribution < -0.4 is 15.5 Å². The molecule has 0 aliphatic carbocycles. The zero-order valence-electron chi connectivity index (χ0n) is 22.3. The molecule has 0 aromatic heterocycles. The first-order valence-corrected chi connectivity index (χ1v) is 12.6. The topological polar surface area (TPSA) is 78.5 Å². The summed E-state index contributed by atoms with van der Waals surface area (Å²) in [7, 11) is 0. The van der Waals surface area contributed by atoms with E-state index < -0.39 is 41.7 Å². The number of alkyl halides is 9. The van der Waals surface area contributed by atoms with Crippen molar-refractivity contribution >= 4 is 28.8 Å². The predicted molar refractivity (Wildman–Crippen MR) is 136 cm³/mol. The average molecular weight is 614 g/mol. The Labute approximate surface area is 235 Å². The van der Waals surface area contributed by atoms with E-state index in [1.165, 1.54) is 17.8 Å². The zero-order valence-corrected chi connectivity index (χ0v) is 22.3. The fourth-order valence-corrected chi connectivity index (χ4v) is 3.94. The molecule has 1 heterocycles. The SMILES string of the molecule is CC(C)[C@@H](Nc1ccc(C(F)(F)F)cc1)C(=O)NC1CCN(c2ccccc2)CC1.O=C(C(=O)C(F)(F)F)C(F)(F)F. The number of nitrogens with zero attached hydrogens (tertiary/aromatic N) is 1. The van der Waals surface area contributed by atoms with E-state index >= 15 is 0 Å². The van der Waals surface area contributed by atoms with E-state index in [9.17, 15) is 53.9 Å². The third kappa shape index (κ3) is 10.2. The number of hydrogen-bond acceptors (Lipinski definition) is 5. The lowest BCUT2D eigenvalue weighted by atomic mass is 10.00. The number of piperidine rings is 1. The standard InChI is InChI=1S/C23H28F3N3O.C4F6O2/c1-16(2)21(27-18-10-8-17(9-11-18)23(24,25)26)22(30)28-19-12-14-29(15-13-19)20-6-4-3-5-7-20;5-3(6,7)1(11)2(12)4(8,9)10/h3-11,16,19,21,27H,12-15H2,1-2H3,(H,28,30);/t21-;/m1./s1. The van der Waals surface area contributed by atoms with E-state index in [2.05, 4.69) is 27.7 Å². The summed E-state index contributed by atoms with van der Waals surface area (Å²) in [4.78, 5) is 34.4. The maximum absolute atomic E-state index is 12.9. The molecule has 2 aromatic carbocycles. The summed E-state index contributed by atoms with van der Waals surface area (Å²) in [5, 5.41) is 6.21. The van der Waals surface area contributed by atoms with Crippen LogP contribution in [0.25, 0.3) is 0 Å². The molecule has 0 bridgehead atoms. The molecule has 232 valence electrons. The van der Waals surface area contributed by atoms with Gasteiger partial charge in [0.15, 0.2) is 0 Å². The van der Waals surface area contributed by atoms with Crippen molar-refractivity contribution in [3.63, 3.8) is 0 Å². The molecule has 0 spiro atoms. The lowest BCUT2D eigenvalue weighted by Gasteiger charge is -2.35. The molecule has 1 amide bonds. The number of anilines is 2. The second-order valence-electron chi connectivity index (χ2n) is 9.70.